The predicted molar refractivity (Wildman–Crippen MR) is 72.4 cm³/mol. The average Bonchev–Trinajstić information content (AvgIpc) is 2.68. The van der Waals surface area contributed by atoms with Crippen molar-refractivity contribution in [2.24, 2.45) is 0 Å². The van der Waals surface area contributed by atoms with E-state index in [1.165, 1.54) is 6.42 Å². The van der Waals surface area contributed by atoms with Gasteiger partial charge in [-0.25, -0.2) is 0 Å². The highest BCUT2D eigenvalue weighted by atomic mass is 16.2. The molecule has 3 rings (SSSR count). The number of fused-ring (bicyclic) bond motifs is 1. The summed E-state index contributed by atoms with van der Waals surface area (Å²) >= 11 is 0. The molecule has 94 valence electrons. The highest BCUT2D eigenvalue weighted by Crippen LogP contribution is 2.27. The van der Waals surface area contributed by atoms with Gasteiger partial charge in [-0.1, -0.05) is 0 Å². The quantitative estimate of drug-likeness (QED) is 0.795. The Balaban J connectivity index is 1.96. The summed E-state index contributed by atoms with van der Waals surface area (Å²) in [4.78, 5) is 17.4. The summed E-state index contributed by atoms with van der Waals surface area (Å²) in [6, 6.07) is 6.01. The number of amides is 1. The number of nitrogens with two attached hydrogens (primary N) is 1. The second kappa shape index (κ2) is 4.05. The maximum Gasteiger partial charge on any atom is 0.256 e. The Labute approximate surface area is 106 Å². The van der Waals surface area contributed by atoms with E-state index >= 15 is 0 Å². The number of aromatic nitrogens is 1. The van der Waals surface area contributed by atoms with Crippen molar-refractivity contribution < 1.29 is 4.79 Å². The highest BCUT2D eigenvalue weighted by Gasteiger charge is 2.27. The van der Waals surface area contributed by atoms with Gasteiger partial charge in [0.2, 0.25) is 0 Å². The number of hydrogen-bond acceptors (Lipinski definition) is 2. The molecule has 1 aromatic heterocycles. The summed E-state index contributed by atoms with van der Waals surface area (Å²) in [6.45, 7) is 0. The van der Waals surface area contributed by atoms with Gasteiger partial charge in [-0.05, 0) is 37.5 Å². The third-order valence-electron chi connectivity index (χ3n) is 3.88. The van der Waals surface area contributed by atoms with Crippen molar-refractivity contribution in [1.29, 1.82) is 0 Å². The molecule has 1 aromatic carbocycles. The van der Waals surface area contributed by atoms with Crippen molar-refractivity contribution in [3.05, 3.63) is 30.0 Å². The Morgan fingerprint density at radius 2 is 2.22 bits per heavy atom. The smallest absolute Gasteiger partial charge is 0.256 e. The number of rotatable bonds is 2. The van der Waals surface area contributed by atoms with E-state index in [2.05, 4.69) is 4.98 Å². The van der Waals surface area contributed by atoms with Gasteiger partial charge < -0.3 is 15.6 Å². The van der Waals surface area contributed by atoms with Gasteiger partial charge in [0.1, 0.15) is 0 Å². The second-order valence-electron chi connectivity index (χ2n) is 5.01. The van der Waals surface area contributed by atoms with Crippen LogP contribution in [0.25, 0.3) is 10.9 Å². The van der Waals surface area contributed by atoms with E-state index < -0.39 is 0 Å². The van der Waals surface area contributed by atoms with Gasteiger partial charge in [0.25, 0.3) is 5.91 Å². The van der Waals surface area contributed by atoms with Crippen LogP contribution in [0.5, 0.6) is 0 Å². The lowest BCUT2D eigenvalue weighted by Gasteiger charge is -2.34. The van der Waals surface area contributed by atoms with E-state index in [0.29, 0.717) is 11.7 Å². The Bertz CT molecular complexity index is 598. The van der Waals surface area contributed by atoms with Gasteiger partial charge in [-0.3, -0.25) is 4.79 Å². The van der Waals surface area contributed by atoms with Crippen LogP contribution >= 0.6 is 0 Å². The van der Waals surface area contributed by atoms with E-state index in [1.54, 1.807) is 6.20 Å². The maximum atomic E-state index is 12.4. The standard InChI is InChI=1S/C14H17N3O/c1-17(10-3-2-4-10)14(18)12-8-16-13-7-9(15)5-6-11(12)13/h5-8,10,16H,2-4,15H2,1H3. The molecule has 4 heteroatoms. The SMILES string of the molecule is CN(C(=O)c1c[nH]c2cc(N)ccc12)C1CCC1. The number of nitrogen functional groups attached to an aromatic ring is 1. The molecule has 1 fully saturated rings. The molecular formula is C14H17N3O. The van der Waals surface area contributed by atoms with Crippen molar-refractivity contribution in [2.75, 3.05) is 12.8 Å². The van der Waals surface area contributed by atoms with Crippen molar-refractivity contribution in [3.8, 4) is 0 Å². The molecule has 0 bridgehead atoms. The molecule has 1 aliphatic rings. The van der Waals surface area contributed by atoms with E-state index in [4.69, 9.17) is 5.73 Å². The number of anilines is 1. The normalized spacial score (nSPS) is 15.6. The van der Waals surface area contributed by atoms with Gasteiger partial charge in [0, 0.05) is 35.9 Å². The van der Waals surface area contributed by atoms with Gasteiger partial charge in [0.05, 0.1) is 5.56 Å². The van der Waals surface area contributed by atoms with Crippen LogP contribution in [0.1, 0.15) is 29.6 Å². The minimum absolute atomic E-state index is 0.0933. The van der Waals surface area contributed by atoms with Crippen LogP contribution in [0.4, 0.5) is 5.69 Å². The number of benzene rings is 1. The zero-order chi connectivity index (χ0) is 12.7. The molecule has 0 aliphatic heterocycles. The van der Waals surface area contributed by atoms with Crippen LogP contribution in [-0.4, -0.2) is 28.9 Å². The summed E-state index contributed by atoms with van der Waals surface area (Å²) < 4.78 is 0. The molecule has 18 heavy (non-hydrogen) atoms. The van der Waals surface area contributed by atoms with Gasteiger partial charge >= 0.3 is 0 Å². The second-order valence-corrected chi connectivity index (χ2v) is 5.01. The number of H-pyrrole nitrogens is 1. The molecule has 0 unspecified atom stereocenters. The monoisotopic (exact) mass is 243 g/mol. The lowest BCUT2D eigenvalue weighted by molar-refractivity contribution is 0.0654. The highest BCUT2D eigenvalue weighted by molar-refractivity contribution is 6.07. The minimum Gasteiger partial charge on any atom is -0.399 e. The zero-order valence-corrected chi connectivity index (χ0v) is 10.4. The molecule has 0 spiro atoms. The number of hydrogen-bond donors (Lipinski definition) is 2. The predicted octanol–water partition coefficient (Wildman–Crippen LogP) is 2.37. The third kappa shape index (κ3) is 1.65. The number of carbonyl (C=O) groups is 1. The molecule has 0 radical (unpaired) electrons. The molecule has 1 amide bonds. The van der Waals surface area contributed by atoms with Gasteiger partial charge in [-0.15, -0.1) is 0 Å². The molecule has 0 atom stereocenters. The largest absolute Gasteiger partial charge is 0.399 e. The molecule has 1 saturated carbocycles. The van der Waals surface area contributed by atoms with Crippen LogP contribution in [0.2, 0.25) is 0 Å². The number of carbonyl (C=O) groups excluding carboxylic acids is 1. The van der Waals surface area contributed by atoms with Gasteiger partial charge in [-0.2, -0.15) is 0 Å². The summed E-state index contributed by atoms with van der Waals surface area (Å²) in [5.41, 5.74) is 8.09. The van der Waals surface area contributed by atoms with Crippen molar-refractivity contribution in [1.82, 2.24) is 9.88 Å². The first-order valence-corrected chi connectivity index (χ1v) is 6.30. The van der Waals surface area contributed by atoms with E-state index in [0.717, 1.165) is 29.3 Å². The first-order chi connectivity index (χ1) is 8.66. The van der Waals surface area contributed by atoms with Crippen LogP contribution in [0.15, 0.2) is 24.4 Å². The summed E-state index contributed by atoms with van der Waals surface area (Å²) in [7, 11) is 1.89. The molecule has 1 aliphatic carbocycles. The molecule has 3 N–H and O–H groups in total. The van der Waals surface area contributed by atoms with Crippen molar-refractivity contribution in [2.45, 2.75) is 25.3 Å². The molecule has 0 saturated heterocycles. The minimum atomic E-state index is 0.0933. The molecule has 1 heterocycles. The van der Waals surface area contributed by atoms with Crippen molar-refractivity contribution >= 4 is 22.5 Å². The fourth-order valence-corrected chi connectivity index (χ4v) is 2.45. The number of aromatic amines is 1. The fraction of sp³-hybridized carbons (Fsp3) is 0.357. The van der Waals surface area contributed by atoms with Gasteiger partial charge in [0.15, 0.2) is 0 Å². The van der Waals surface area contributed by atoms with E-state index in [1.807, 2.05) is 30.1 Å². The average molecular weight is 243 g/mol. The zero-order valence-electron chi connectivity index (χ0n) is 10.4. The number of nitrogens with zero attached hydrogens (tertiary/aromatic N) is 1. The van der Waals surface area contributed by atoms with Crippen LogP contribution in [0.3, 0.4) is 0 Å². The summed E-state index contributed by atoms with van der Waals surface area (Å²) in [5.74, 6) is 0.0933. The first kappa shape index (κ1) is 11.1. The van der Waals surface area contributed by atoms with Crippen LogP contribution in [0, 0.1) is 0 Å². The molecule has 4 nitrogen and oxygen atoms in total. The Hall–Kier alpha value is -1.97. The lowest BCUT2D eigenvalue weighted by atomic mass is 9.91. The van der Waals surface area contributed by atoms with E-state index in [9.17, 15) is 4.79 Å². The molecular weight excluding hydrogens is 226 g/mol. The van der Waals surface area contributed by atoms with Crippen LogP contribution in [-0.2, 0) is 0 Å². The topological polar surface area (TPSA) is 62.1 Å². The Morgan fingerprint density at radius 1 is 1.44 bits per heavy atom. The van der Waals surface area contributed by atoms with E-state index in [-0.39, 0.29) is 5.91 Å². The van der Waals surface area contributed by atoms with Crippen LogP contribution < -0.4 is 5.73 Å². The Morgan fingerprint density at radius 3 is 2.89 bits per heavy atom. The first-order valence-electron chi connectivity index (χ1n) is 6.30. The lowest BCUT2D eigenvalue weighted by Crippen LogP contribution is -2.41. The third-order valence-corrected chi connectivity index (χ3v) is 3.88. The molecule has 2 aromatic rings. The number of nitrogens with one attached hydrogen (secondary N) is 1. The maximum absolute atomic E-state index is 12.4. The Kier molecular flexibility index (Phi) is 2.51. The van der Waals surface area contributed by atoms with Crippen molar-refractivity contribution in [3.63, 3.8) is 0 Å². The summed E-state index contributed by atoms with van der Waals surface area (Å²) in [6.07, 6.45) is 5.25. The summed E-state index contributed by atoms with van der Waals surface area (Å²) in [5, 5.41) is 0.945. The fourth-order valence-electron chi connectivity index (χ4n) is 2.45.